The summed E-state index contributed by atoms with van der Waals surface area (Å²) in [7, 11) is 0. The summed E-state index contributed by atoms with van der Waals surface area (Å²) in [6.45, 7) is 2.50. The second-order valence-electron chi connectivity index (χ2n) is 5.71. The van der Waals surface area contributed by atoms with E-state index in [9.17, 15) is 20.0 Å². The molecule has 1 aromatic heterocycles. The van der Waals surface area contributed by atoms with Crippen LogP contribution in [0, 0.1) is 10.1 Å². The number of phenols is 1. The number of nitrogens with zero attached hydrogens (tertiary/aromatic N) is 4. The number of benzene rings is 2. The Morgan fingerprint density at radius 2 is 1.93 bits per heavy atom. The molecular weight excluding hydrogens is 382 g/mol. The summed E-state index contributed by atoms with van der Waals surface area (Å²) < 4.78 is 1.82. The number of nitro benzene ring substituents is 1. The molecule has 0 saturated carbocycles. The first-order valence-electron chi connectivity index (χ1n) is 8.38. The largest absolute Gasteiger partial charge is 0.507 e. The molecule has 1 amide bonds. The summed E-state index contributed by atoms with van der Waals surface area (Å²) >= 11 is 1.22. The molecule has 10 heteroatoms. The monoisotopic (exact) mass is 399 g/mol. The summed E-state index contributed by atoms with van der Waals surface area (Å²) in [5.74, 6) is 0.458. The predicted molar refractivity (Wildman–Crippen MR) is 105 cm³/mol. The highest BCUT2D eigenvalue weighted by atomic mass is 32.2. The third kappa shape index (κ3) is 4.29. The molecule has 0 bridgehead atoms. The van der Waals surface area contributed by atoms with Crippen LogP contribution in [0.15, 0.2) is 53.7 Å². The average molecular weight is 399 g/mol. The van der Waals surface area contributed by atoms with E-state index in [1.807, 2.05) is 11.5 Å². The van der Waals surface area contributed by atoms with E-state index in [1.54, 1.807) is 24.3 Å². The van der Waals surface area contributed by atoms with Gasteiger partial charge in [-0.15, -0.1) is 10.2 Å². The normalized spacial score (nSPS) is 10.6. The van der Waals surface area contributed by atoms with Crippen molar-refractivity contribution in [2.24, 2.45) is 0 Å². The van der Waals surface area contributed by atoms with Gasteiger partial charge in [0.1, 0.15) is 5.75 Å². The SMILES string of the molecule is CCn1c(SCC(=O)Nc2ccc([N+](=O)[O-])cc2)nnc1-c1ccccc1O. The number of para-hydroxylation sites is 1. The second kappa shape index (κ2) is 8.53. The fraction of sp³-hybridized carbons (Fsp3) is 0.167. The average Bonchev–Trinajstić information content (AvgIpc) is 3.10. The zero-order chi connectivity index (χ0) is 20.1. The van der Waals surface area contributed by atoms with Gasteiger partial charge in [-0.25, -0.2) is 0 Å². The van der Waals surface area contributed by atoms with E-state index in [-0.39, 0.29) is 23.1 Å². The minimum atomic E-state index is -0.499. The number of anilines is 1. The van der Waals surface area contributed by atoms with Gasteiger partial charge in [-0.1, -0.05) is 23.9 Å². The summed E-state index contributed by atoms with van der Waals surface area (Å²) in [6, 6.07) is 12.5. The molecule has 0 spiro atoms. The lowest BCUT2D eigenvalue weighted by atomic mass is 10.2. The lowest BCUT2D eigenvalue weighted by Crippen LogP contribution is -2.14. The fourth-order valence-electron chi connectivity index (χ4n) is 2.54. The van der Waals surface area contributed by atoms with Crippen molar-refractivity contribution in [3.63, 3.8) is 0 Å². The number of hydrogen-bond acceptors (Lipinski definition) is 7. The summed E-state index contributed by atoms with van der Waals surface area (Å²) in [6.07, 6.45) is 0. The number of aromatic nitrogens is 3. The number of nitrogens with one attached hydrogen (secondary N) is 1. The Kier molecular flexibility index (Phi) is 5.90. The number of aromatic hydroxyl groups is 1. The Bertz CT molecular complexity index is 1000. The van der Waals surface area contributed by atoms with Crippen LogP contribution in [0.3, 0.4) is 0 Å². The molecule has 0 aliphatic heterocycles. The van der Waals surface area contributed by atoms with E-state index in [0.717, 1.165) is 0 Å². The quantitative estimate of drug-likeness (QED) is 0.355. The van der Waals surface area contributed by atoms with Crippen LogP contribution in [0.5, 0.6) is 5.75 Å². The number of rotatable bonds is 7. The molecule has 0 radical (unpaired) electrons. The highest BCUT2D eigenvalue weighted by Crippen LogP contribution is 2.30. The number of amides is 1. The van der Waals surface area contributed by atoms with Crippen molar-refractivity contribution in [3.05, 3.63) is 58.6 Å². The maximum absolute atomic E-state index is 12.2. The molecule has 2 N–H and O–H groups in total. The Hall–Kier alpha value is -3.40. The van der Waals surface area contributed by atoms with Crippen LogP contribution >= 0.6 is 11.8 Å². The van der Waals surface area contributed by atoms with Crippen LogP contribution in [0.4, 0.5) is 11.4 Å². The molecule has 3 rings (SSSR count). The van der Waals surface area contributed by atoms with Gasteiger partial charge in [-0.05, 0) is 31.2 Å². The standard InChI is InChI=1S/C18H17N5O4S/c1-2-22-17(14-5-3-4-6-15(14)24)20-21-18(22)28-11-16(25)19-12-7-9-13(10-8-12)23(26)27/h3-10,24H,2,11H2,1H3,(H,19,25). The van der Waals surface area contributed by atoms with Crippen LogP contribution in [-0.2, 0) is 11.3 Å². The second-order valence-corrected chi connectivity index (χ2v) is 6.65. The van der Waals surface area contributed by atoms with E-state index in [4.69, 9.17) is 0 Å². The molecule has 0 saturated heterocycles. The molecule has 1 heterocycles. The highest BCUT2D eigenvalue weighted by molar-refractivity contribution is 7.99. The molecule has 0 aliphatic rings. The highest BCUT2D eigenvalue weighted by Gasteiger charge is 2.17. The third-order valence-corrected chi connectivity index (χ3v) is 4.84. The van der Waals surface area contributed by atoms with Crippen molar-refractivity contribution >= 4 is 29.0 Å². The maximum atomic E-state index is 12.2. The maximum Gasteiger partial charge on any atom is 0.269 e. The number of hydrogen-bond donors (Lipinski definition) is 2. The number of nitro groups is 1. The van der Waals surface area contributed by atoms with Crippen LogP contribution in [0.2, 0.25) is 0 Å². The Labute approximate surface area is 164 Å². The van der Waals surface area contributed by atoms with Gasteiger partial charge in [0.15, 0.2) is 11.0 Å². The summed E-state index contributed by atoms with van der Waals surface area (Å²) in [5, 5.41) is 32.2. The molecule has 144 valence electrons. The van der Waals surface area contributed by atoms with Gasteiger partial charge >= 0.3 is 0 Å². The van der Waals surface area contributed by atoms with Gasteiger partial charge in [0.05, 0.1) is 16.2 Å². The number of non-ortho nitro benzene ring substituents is 1. The van der Waals surface area contributed by atoms with E-state index < -0.39 is 4.92 Å². The van der Waals surface area contributed by atoms with Crippen molar-refractivity contribution in [2.45, 2.75) is 18.6 Å². The first-order valence-corrected chi connectivity index (χ1v) is 9.36. The Morgan fingerprint density at radius 3 is 2.57 bits per heavy atom. The number of carbonyl (C=O) groups is 1. The van der Waals surface area contributed by atoms with Gasteiger partial charge < -0.3 is 15.0 Å². The van der Waals surface area contributed by atoms with Crippen molar-refractivity contribution < 1.29 is 14.8 Å². The van der Waals surface area contributed by atoms with Gasteiger partial charge in [0, 0.05) is 24.4 Å². The molecule has 3 aromatic rings. The number of phenolic OH excluding ortho intramolecular Hbond substituents is 1. The topological polar surface area (TPSA) is 123 Å². The smallest absolute Gasteiger partial charge is 0.269 e. The van der Waals surface area contributed by atoms with E-state index in [0.29, 0.717) is 28.8 Å². The molecule has 0 atom stereocenters. The molecule has 0 fully saturated rings. The van der Waals surface area contributed by atoms with Crippen LogP contribution in [-0.4, -0.2) is 36.5 Å². The molecular formula is C18H17N5O4S. The predicted octanol–water partition coefficient (Wildman–Crippen LogP) is 3.31. The third-order valence-electron chi connectivity index (χ3n) is 3.87. The summed E-state index contributed by atoms with van der Waals surface area (Å²) in [5.41, 5.74) is 1.00. The van der Waals surface area contributed by atoms with Crippen LogP contribution < -0.4 is 5.32 Å². The van der Waals surface area contributed by atoms with Crippen molar-refractivity contribution in [1.29, 1.82) is 0 Å². The first-order chi connectivity index (χ1) is 13.5. The fourth-order valence-corrected chi connectivity index (χ4v) is 3.34. The van der Waals surface area contributed by atoms with Crippen molar-refractivity contribution in [3.8, 4) is 17.1 Å². The zero-order valence-corrected chi connectivity index (χ0v) is 15.7. The minimum Gasteiger partial charge on any atom is -0.507 e. The van der Waals surface area contributed by atoms with E-state index in [1.165, 1.54) is 36.0 Å². The molecule has 28 heavy (non-hydrogen) atoms. The number of thioether (sulfide) groups is 1. The van der Waals surface area contributed by atoms with Crippen LogP contribution in [0.25, 0.3) is 11.4 Å². The lowest BCUT2D eigenvalue weighted by molar-refractivity contribution is -0.384. The molecule has 0 aliphatic carbocycles. The van der Waals surface area contributed by atoms with E-state index in [2.05, 4.69) is 15.5 Å². The molecule has 2 aromatic carbocycles. The first kappa shape index (κ1) is 19.4. The summed E-state index contributed by atoms with van der Waals surface area (Å²) in [4.78, 5) is 22.3. The van der Waals surface area contributed by atoms with E-state index >= 15 is 0 Å². The van der Waals surface area contributed by atoms with Crippen LogP contribution in [0.1, 0.15) is 6.92 Å². The van der Waals surface area contributed by atoms with Gasteiger partial charge in [0.25, 0.3) is 5.69 Å². The Balaban J connectivity index is 1.67. The van der Waals surface area contributed by atoms with Gasteiger partial charge in [0.2, 0.25) is 5.91 Å². The van der Waals surface area contributed by atoms with Gasteiger partial charge in [-0.2, -0.15) is 0 Å². The molecule has 0 unspecified atom stereocenters. The van der Waals surface area contributed by atoms with Crippen molar-refractivity contribution in [2.75, 3.05) is 11.1 Å². The zero-order valence-electron chi connectivity index (χ0n) is 14.9. The van der Waals surface area contributed by atoms with Gasteiger partial charge in [-0.3, -0.25) is 14.9 Å². The lowest BCUT2D eigenvalue weighted by Gasteiger charge is -2.08. The number of carbonyl (C=O) groups excluding carboxylic acids is 1. The molecule has 9 nitrogen and oxygen atoms in total. The minimum absolute atomic E-state index is 0.0416. The van der Waals surface area contributed by atoms with Crippen molar-refractivity contribution in [1.82, 2.24) is 14.8 Å². The Morgan fingerprint density at radius 1 is 1.21 bits per heavy atom.